The number of hydrogen-bond acceptors (Lipinski definition) is 4. The van der Waals surface area contributed by atoms with Gasteiger partial charge in [-0.1, -0.05) is 13.8 Å². The number of ketones is 1. The molecule has 0 aromatic carbocycles. The predicted molar refractivity (Wildman–Crippen MR) is 70.0 cm³/mol. The summed E-state index contributed by atoms with van der Waals surface area (Å²) >= 11 is 7.02. The van der Waals surface area contributed by atoms with Gasteiger partial charge in [0.15, 0.2) is 10.9 Å². The number of carbonyl (C=O) groups excluding carboxylic acids is 1. The van der Waals surface area contributed by atoms with Gasteiger partial charge in [-0.15, -0.1) is 22.9 Å². The molecule has 0 saturated carbocycles. The lowest BCUT2D eigenvalue weighted by molar-refractivity contribution is 0.101. The molecule has 0 aliphatic heterocycles. The molecule has 1 aromatic heterocycles. The van der Waals surface area contributed by atoms with Crippen molar-refractivity contribution in [2.45, 2.75) is 26.7 Å². The Kier molecular flexibility index (Phi) is 5.77. The first-order valence-electron chi connectivity index (χ1n) is 5.52. The third-order valence-electron chi connectivity index (χ3n) is 2.16. The predicted octanol–water partition coefficient (Wildman–Crippen LogP) is 3.19. The highest BCUT2D eigenvalue weighted by Gasteiger charge is 2.13. The lowest BCUT2D eigenvalue weighted by Gasteiger charge is -2.19. The van der Waals surface area contributed by atoms with Gasteiger partial charge in [0, 0.05) is 18.5 Å². The summed E-state index contributed by atoms with van der Waals surface area (Å²) in [6.07, 6.45) is 2.16. The van der Waals surface area contributed by atoms with Gasteiger partial charge in [-0.05, 0) is 12.8 Å². The lowest BCUT2D eigenvalue weighted by atomic mass is 10.3. The zero-order valence-corrected chi connectivity index (χ0v) is 11.3. The van der Waals surface area contributed by atoms with Gasteiger partial charge >= 0.3 is 0 Å². The zero-order valence-electron chi connectivity index (χ0n) is 9.70. The van der Waals surface area contributed by atoms with E-state index < -0.39 is 0 Å². The lowest BCUT2D eigenvalue weighted by Crippen LogP contribution is -2.24. The Hall–Kier alpha value is -0.610. The van der Waals surface area contributed by atoms with Crippen molar-refractivity contribution in [3.8, 4) is 0 Å². The molecule has 0 bridgehead atoms. The molecule has 0 atom stereocenters. The number of carbonyl (C=O) groups is 1. The van der Waals surface area contributed by atoms with Crippen molar-refractivity contribution in [1.29, 1.82) is 0 Å². The van der Waals surface area contributed by atoms with E-state index >= 15 is 0 Å². The number of alkyl halides is 1. The normalized spacial score (nSPS) is 10.4. The molecule has 0 amide bonds. The smallest absolute Gasteiger partial charge is 0.196 e. The molecule has 90 valence electrons. The first-order valence-corrected chi connectivity index (χ1v) is 6.94. The Morgan fingerprint density at radius 3 is 2.56 bits per heavy atom. The second-order valence-electron chi connectivity index (χ2n) is 3.56. The van der Waals surface area contributed by atoms with Gasteiger partial charge < -0.3 is 4.90 Å². The van der Waals surface area contributed by atoms with E-state index in [1.165, 1.54) is 11.3 Å². The molecule has 0 aliphatic rings. The van der Waals surface area contributed by atoms with Crippen LogP contribution in [0.2, 0.25) is 0 Å². The van der Waals surface area contributed by atoms with Crippen LogP contribution in [0.4, 0.5) is 5.13 Å². The van der Waals surface area contributed by atoms with E-state index in [-0.39, 0.29) is 11.7 Å². The van der Waals surface area contributed by atoms with E-state index in [9.17, 15) is 4.79 Å². The topological polar surface area (TPSA) is 33.2 Å². The molecule has 1 rings (SSSR count). The summed E-state index contributed by atoms with van der Waals surface area (Å²) < 4.78 is 0. The van der Waals surface area contributed by atoms with Gasteiger partial charge in [0.1, 0.15) is 5.69 Å². The molecule has 16 heavy (non-hydrogen) atoms. The van der Waals surface area contributed by atoms with Gasteiger partial charge in [-0.3, -0.25) is 4.79 Å². The largest absolute Gasteiger partial charge is 0.348 e. The van der Waals surface area contributed by atoms with Crippen LogP contribution in [0, 0.1) is 0 Å². The van der Waals surface area contributed by atoms with E-state index in [0.717, 1.165) is 31.1 Å². The van der Waals surface area contributed by atoms with Crippen LogP contribution in [0.1, 0.15) is 37.2 Å². The monoisotopic (exact) mass is 260 g/mol. The highest BCUT2D eigenvalue weighted by Crippen LogP contribution is 2.21. The number of aromatic nitrogens is 1. The fourth-order valence-corrected chi connectivity index (χ4v) is 2.47. The molecule has 0 saturated heterocycles. The summed E-state index contributed by atoms with van der Waals surface area (Å²) in [7, 11) is 0. The van der Waals surface area contributed by atoms with Crippen molar-refractivity contribution in [2.24, 2.45) is 0 Å². The molecule has 0 fully saturated rings. The zero-order chi connectivity index (χ0) is 12.0. The summed E-state index contributed by atoms with van der Waals surface area (Å²) in [6.45, 7) is 6.24. The van der Waals surface area contributed by atoms with Crippen LogP contribution in [0.15, 0.2) is 5.38 Å². The summed E-state index contributed by atoms with van der Waals surface area (Å²) in [5, 5.41) is 2.72. The van der Waals surface area contributed by atoms with Crippen molar-refractivity contribution in [1.82, 2.24) is 4.98 Å². The SMILES string of the molecule is CCCN(CCC)c1nc(C(=O)CCl)cs1. The molecule has 0 spiro atoms. The van der Waals surface area contributed by atoms with Crippen LogP contribution in [-0.2, 0) is 0 Å². The first-order chi connectivity index (χ1) is 7.72. The average molecular weight is 261 g/mol. The third-order valence-corrected chi connectivity index (χ3v) is 3.30. The molecule has 0 N–H and O–H groups in total. The van der Waals surface area contributed by atoms with E-state index in [4.69, 9.17) is 11.6 Å². The minimum Gasteiger partial charge on any atom is -0.348 e. The number of rotatable bonds is 7. The second-order valence-corrected chi connectivity index (χ2v) is 4.66. The van der Waals surface area contributed by atoms with Gasteiger partial charge in [-0.2, -0.15) is 0 Å². The van der Waals surface area contributed by atoms with Gasteiger partial charge in [0.25, 0.3) is 0 Å². The standard InChI is InChI=1S/C11H17ClN2OS/c1-3-5-14(6-4-2)11-13-9(8-16-11)10(15)7-12/h8H,3-7H2,1-2H3. The highest BCUT2D eigenvalue weighted by atomic mass is 35.5. The van der Waals surface area contributed by atoms with Crippen molar-refractivity contribution in [3.63, 3.8) is 0 Å². The number of thiazole rings is 1. The Bertz CT molecular complexity index is 334. The summed E-state index contributed by atoms with van der Waals surface area (Å²) in [5.74, 6) is -0.0952. The van der Waals surface area contributed by atoms with E-state index in [0.29, 0.717) is 5.69 Å². The average Bonchev–Trinajstić information content (AvgIpc) is 2.77. The number of Topliss-reactive ketones (excluding diaryl/α,β-unsaturated/α-hetero) is 1. The molecular formula is C11H17ClN2OS. The number of nitrogens with zero attached hydrogens (tertiary/aromatic N) is 2. The molecule has 5 heteroatoms. The molecule has 3 nitrogen and oxygen atoms in total. The number of anilines is 1. The third kappa shape index (κ3) is 3.46. The maximum Gasteiger partial charge on any atom is 0.196 e. The van der Waals surface area contributed by atoms with Crippen LogP contribution in [0.3, 0.4) is 0 Å². The fourth-order valence-electron chi connectivity index (χ4n) is 1.45. The van der Waals surface area contributed by atoms with Gasteiger partial charge in [-0.25, -0.2) is 4.98 Å². The van der Waals surface area contributed by atoms with Crippen LogP contribution in [0.5, 0.6) is 0 Å². The summed E-state index contributed by atoms with van der Waals surface area (Å²) in [6, 6.07) is 0. The first kappa shape index (κ1) is 13.5. The molecule has 1 aromatic rings. The van der Waals surface area contributed by atoms with Crippen molar-refractivity contribution in [2.75, 3.05) is 23.9 Å². The van der Waals surface area contributed by atoms with Crippen molar-refractivity contribution >= 4 is 33.9 Å². The number of hydrogen-bond donors (Lipinski definition) is 0. The maximum atomic E-state index is 11.4. The minimum atomic E-state index is -0.0999. The molecule has 1 heterocycles. The van der Waals surface area contributed by atoms with Crippen LogP contribution in [0.25, 0.3) is 0 Å². The highest BCUT2D eigenvalue weighted by molar-refractivity contribution is 7.14. The Morgan fingerprint density at radius 1 is 1.44 bits per heavy atom. The quantitative estimate of drug-likeness (QED) is 0.558. The molecule has 0 radical (unpaired) electrons. The van der Waals surface area contributed by atoms with E-state index in [2.05, 4.69) is 23.7 Å². The van der Waals surface area contributed by atoms with Crippen LogP contribution >= 0.6 is 22.9 Å². The van der Waals surface area contributed by atoms with Crippen molar-refractivity contribution < 1.29 is 4.79 Å². The Balaban J connectivity index is 2.76. The number of halogens is 1. The van der Waals surface area contributed by atoms with Crippen molar-refractivity contribution in [3.05, 3.63) is 11.1 Å². The van der Waals surface area contributed by atoms with Gasteiger partial charge in [0.2, 0.25) is 0 Å². The van der Waals surface area contributed by atoms with Gasteiger partial charge in [0.05, 0.1) is 5.88 Å². The van der Waals surface area contributed by atoms with Crippen LogP contribution in [-0.4, -0.2) is 29.7 Å². The maximum absolute atomic E-state index is 11.4. The van der Waals surface area contributed by atoms with E-state index in [1.807, 2.05) is 0 Å². The molecular weight excluding hydrogens is 244 g/mol. The fraction of sp³-hybridized carbons (Fsp3) is 0.636. The van der Waals surface area contributed by atoms with Crippen LogP contribution < -0.4 is 4.90 Å². The summed E-state index contributed by atoms with van der Waals surface area (Å²) in [4.78, 5) is 17.9. The Morgan fingerprint density at radius 2 is 2.06 bits per heavy atom. The summed E-state index contributed by atoms with van der Waals surface area (Å²) in [5.41, 5.74) is 0.493. The minimum absolute atomic E-state index is 0.00469. The van der Waals surface area contributed by atoms with E-state index in [1.54, 1.807) is 5.38 Å². The molecule has 0 unspecified atom stereocenters. The molecule has 0 aliphatic carbocycles. The Labute approximate surface area is 105 Å². The second kappa shape index (κ2) is 6.86.